The number of sulfonamides is 1. The molecule has 2 aromatic carbocycles. The number of amides is 1. The minimum atomic E-state index is -3.90. The number of carbonyl (C=O) groups excluding carboxylic acids is 1. The number of anilines is 1. The van der Waals surface area contributed by atoms with Gasteiger partial charge in [-0.25, -0.2) is 12.8 Å². The van der Waals surface area contributed by atoms with Gasteiger partial charge in [0.2, 0.25) is 0 Å². The summed E-state index contributed by atoms with van der Waals surface area (Å²) in [7, 11) is -3.90. The number of halogens is 2. The molecular formula is C19H23ClFN3O3S. The summed E-state index contributed by atoms with van der Waals surface area (Å²) in [6.45, 7) is 3.05. The second-order valence-corrected chi connectivity index (χ2v) is 8.47. The monoisotopic (exact) mass is 427 g/mol. The van der Waals surface area contributed by atoms with E-state index >= 15 is 0 Å². The Morgan fingerprint density at radius 2 is 1.93 bits per heavy atom. The SMILES string of the molecule is CC1CC(CN)CN1C(=O)c1cccc(S(=O)(=O)Nc2ccc(F)cc2)c1.Cl. The van der Waals surface area contributed by atoms with Crippen molar-refractivity contribution in [2.24, 2.45) is 11.7 Å². The molecule has 1 saturated heterocycles. The maximum atomic E-state index is 13.0. The van der Waals surface area contributed by atoms with Gasteiger partial charge in [0.1, 0.15) is 5.82 Å². The van der Waals surface area contributed by atoms with Gasteiger partial charge in [-0.2, -0.15) is 0 Å². The molecule has 1 aliphatic heterocycles. The van der Waals surface area contributed by atoms with E-state index < -0.39 is 15.8 Å². The molecular weight excluding hydrogens is 405 g/mol. The minimum absolute atomic E-state index is 0. The van der Waals surface area contributed by atoms with Crippen LogP contribution in [0.15, 0.2) is 53.4 Å². The zero-order valence-corrected chi connectivity index (χ0v) is 17.0. The fourth-order valence-corrected chi connectivity index (χ4v) is 4.39. The van der Waals surface area contributed by atoms with Gasteiger partial charge in [0.25, 0.3) is 15.9 Å². The maximum Gasteiger partial charge on any atom is 0.261 e. The lowest BCUT2D eigenvalue weighted by atomic mass is 10.1. The van der Waals surface area contributed by atoms with E-state index in [1.165, 1.54) is 42.5 Å². The molecule has 0 aromatic heterocycles. The first-order chi connectivity index (χ1) is 12.8. The van der Waals surface area contributed by atoms with Crippen molar-refractivity contribution in [3.63, 3.8) is 0 Å². The second kappa shape index (κ2) is 8.89. The lowest BCUT2D eigenvalue weighted by Gasteiger charge is -2.22. The normalized spacial score (nSPS) is 19.2. The van der Waals surface area contributed by atoms with Gasteiger partial charge in [0, 0.05) is 23.8 Å². The van der Waals surface area contributed by atoms with E-state index in [2.05, 4.69) is 4.72 Å². The molecule has 3 rings (SSSR count). The lowest BCUT2D eigenvalue weighted by molar-refractivity contribution is 0.0743. The summed E-state index contributed by atoms with van der Waals surface area (Å²) in [5, 5.41) is 0. The van der Waals surface area contributed by atoms with Crippen molar-refractivity contribution >= 4 is 34.0 Å². The summed E-state index contributed by atoms with van der Waals surface area (Å²) in [5.41, 5.74) is 6.26. The summed E-state index contributed by atoms with van der Waals surface area (Å²) in [6, 6.07) is 11.0. The Balaban J connectivity index is 0.00000280. The molecule has 1 heterocycles. The number of hydrogen-bond acceptors (Lipinski definition) is 4. The molecule has 0 radical (unpaired) electrons. The van der Waals surface area contributed by atoms with Crippen molar-refractivity contribution in [2.75, 3.05) is 17.8 Å². The van der Waals surface area contributed by atoms with Gasteiger partial charge >= 0.3 is 0 Å². The van der Waals surface area contributed by atoms with Crippen molar-refractivity contribution < 1.29 is 17.6 Å². The van der Waals surface area contributed by atoms with E-state index in [0.29, 0.717) is 18.7 Å². The molecule has 9 heteroatoms. The smallest absolute Gasteiger partial charge is 0.261 e. The lowest BCUT2D eigenvalue weighted by Crippen LogP contribution is -2.34. The van der Waals surface area contributed by atoms with Crippen LogP contribution in [-0.2, 0) is 10.0 Å². The summed E-state index contributed by atoms with van der Waals surface area (Å²) >= 11 is 0. The molecule has 1 fully saturated rings. The van der Waals surface area contributed by atoms with Crippen LogP contribution < -0.4 is 10.5 Å². The third-order valence-corrected chi connectivity index (χ3v) is 6.12. The van der Waals surface area contributed by atoms with Crippen LogP contribution in [0, 0.1) is 11.7 Å². The number of nitrogens with zero attached hydrogens (tertiary/aromatic N) is 1. The Hall–Kier alpha value is -2.16. The van der Waals surface area contributed by atoms with Gasteiger partial charge in [-0.15, -0.1) is 12.4 Å². The standard InChI is InChI=1S/C19H22FN3O3S.ClH/c1-13-9-14(11-21)12-23(13)19(24)15-3-2-4-18(10-15)27(25,26)22-17-7-5-16(20)6-8-17;/h2-8,10,13-14,22H,9,11-12,21H2,1H3;1H. The summed E-state index contributed by atoms with van der Waals surface area (Å²) in [6.07, 6.45) is 0.840. The van der Waals surface area contributed by atoms with Crippen LogP contribution >= 0.6 is 12.4 Å². The van der Waals surface area contributed by atoms with E-state index in [1.807, 2.05) is 6.92 Å². The van der Waals surface area contributed by atoms with Crippen LogP contribution in [-0.4, -0.2) is 38.4 Å². The number of nitrogens with one attached hydrogen (secondary N) is 1. The molecule has 1 amide bonds. The predicted octanol–water partition coefficient (Wildman–Crippen LogP) is 2.86. The Morgan fingerprint density at radius 1 is 1.25 bits per heavy atom. The molecule has 0 spiro atoms. The van der Waals surface area contributed by atoms with Gasteiger partial charge < -0.3 is 10.6 Å². The minimum Gasteiger partial charge on any atom is -0.336 e. The highest BCUT2D eigenvalue weighted by molar-refractivity contribution is 7.92. The van der Waals surface area contributed by atoms with Crippen LogP contribution in [0.5, 0.6) is 0 Å². The predicted molar refractivity (Wildman–Crippen MR) is 109 cm³/mol. The number of carbonyl (C=O) groups is 1. The van der Waals surface area contributed by atoms with Crippen LogP contribution in [0.25, 0.3) is 0 Å². The Morgan fingerprint density at radius 3 is 2.54 bits per heavy atom. The quantitative estimate of drug-likeness (QED) is 0.767. The molecule has 1 aliphatic rings. The number of benzene rings is 2. The number of hydrogen-bond donors (Lipinski definition) is 2. The van der Waals surface area contributed by atoms with Gasteiger partial charge in [-0.3, -0.25) is 9.52 Å². The Labute approximate surface area is 170 Å². The molecule has 0 aliphatic carbocycles. The third kappa shape index (κ3) is 4.81. The van der Waals surface area contributed by atoms with Gasteiger partial charge in [0.15, 0.2) is 0 Å². The topological polar surface area (TPSA) is 92.5 Å². The largest absolute Gasteiger partial charge is 0.336 e. The zero-order valence-electron chi connectivity index (χ0n) is 15.3. The van der Waals surface area contributed by atoms with Crippen molar-refractivity contribution in [3.05, 3.63) is 59.9 Å². The van der Waals surface area contributed by atoms with Crippen molar-refractivity contribution in [3.8, 4) is 0 Å². The molecule has 28 heavy (non-hydrogen) atoms. The second-order valence-electron chi connectivity index (χ2n) is 6.78. The summed E-state index contributed by atoms with van der Waals surface area (Å²) in [5.74, 6) is -0.408. The van der Waals surface area contributed by atoms with E-state index in [4.69, 9.17) is 5.73 Å². The first kappa shape index (κ1) is 22.1. The van der Waals surface area contributed by atoms with E-state index in [-0.39, 0.29) is 40.9 Å². The fraction of sp³-hybridized carbons (Fsp3) is 0.316. The summed E-state index contributed by atoms with van der Waals surface area (Å²) < 4.78 is 40.6. The molecule has 3 N–H and O–H groups in total. The third-order valence-electron chi connectivity index (χ3n) is 4.74. The van der Waals surface area contributed by atoms with E-state index in [0.717, 1.165) is 6.42 Å². The van der Waals surface area contributed by atoms with Gasteiger partial charge in [-0.05, 0) is 68.3 Å². The molecule has 2 unspecified atom stereocenters. The van der Waals surface area contributed by atoms with Crippen LogP contribution in [0.1, 0.15) is 23.7 Å². The van der Waals surface area contributed by atoms with Crippen LogP contribution in [0.2, 0.25) is 0 Å². The van der Waals surface area contributed by atoms with E-state index in [9.17, 15) is 17.6 Å². The molecule has 6 nitrogen and oxygen atoms in total. The van der Waals surface area contributed by atoms with Gasteiger partial charge in [0.05, 0.1) is 4.90 Å². The maximum absolute atomic E-state index is 13.0. The first-order valence-electron chi connectivity index (χ1n) is 8.69. The number of nitrogens with two attached hydrogens (primary N) is 1. The summed E-state index contributed by atoms with van der Waals surface area (Å²) in [4.78, 5) is 14.5. The fourth-order valence-electron chi connectivity index (χ4n) is 3.29. The Kier molecular flexibility index (Phi) is 7.03. The van der Waals surface area contributed by atoms with Gasteiger partial charge in [-0.1, -0.05) is 6.07 Å². The number of likely N-dealkylation sites (tertiary alicyclic amines) is 1. The molecule has 152 valence electrons. The number of rotatable bonds is 5. The molecule has 2 aromatic rings. The molecule has 0 bridgehead atoms. The molecule has 2 atom stereocenters. The average molecular weight is 428 g/mol. The highest BCUT2D eigenvalue weighted by Crippen LogP contribution is 2.25. The highest BCUT2D eigenvalue weighted by atomic mass is 35.5. The van der Waals surface area contributed by atoms with Crippen LogP contribution in [0.4, 0.5) is 10.1 Å². The highest BCUT2D eigenvalue weighted by Gasteiger charge is 2.32. The zero-order chi connectivity index (χ0) is 19.6. The van der Waals surface area contributed by atoms with Crippen molar-refractivity contribution in [1.82, 2.24) is 4.90 Å². The van der Waals surface area contributed by atoms with Crippen LogP contribution in [0.3, 0.4) is 0 Å². The Bertz CT molecular complexity index is 938. The average Bonchev–Trinajstić information content (AvgIpc) is 3.04. The molecule has 0 saturated carbocycles. The first-order valence-corrected chi connectivity index (χ1v) is 10.2. The van der Waals surface area contributed by atoms with Crippen molar-refractivity contribution in [1.29, 1.82) is 0 Å². The van der Waals surface area contributed by atoms with E-state index in [1.54, 1.807) is 11.0 Å². The van der Waals surface area contributed by atoms with Crippen molar-refractivity contribution in [2.45, 2.75) is 24.3 Å².